The number of ketones is 1. The fourth-order valence-electron chi connectivity index (χ4n) is 4.98. The first kappa shape index (κ1) is 25.5. The lowest BCUT2D eigenvalue weighted by Crippen LogP contribution is -2.32. The molecule has 1 heterocycles. The highest BCUT2D eigenvalue weighted by Gasteiger charge is 2.33. The van der Waals surface area contributed by atoms with Crippen LogP contribution in [0.3, 0.4) is 0 Å². The van der Waals surface area contributed by atoms with Gasteiger partial charge in [0.1, 0.15) is 7.05 Å². The highest BCUT2D eigenvalue weighted by atomic mass is 32.3. The molecule has 1 N–H and O–H groups in total. The number of carbonyl (C=O) groups excluding carboxylic acids is 1. The van der Waals surface area contributed by atoms with Gasteiger partial charge in [0.25, 0.3) is 0 Å². The van der Waals surface area contributed by atoms with Crippen molar-refractivity contribution >= 4 is 49.4 Å². The zero-order valence-electron chi connectivity index (χ0n) is 21.4. The number of fused-ring (bicyclic) bond motifs is 4. The van der Waals surface area contributed by atoms with Crippen LogP contribution in [0, 0.1) is 13.8 Å². The van der Waals surface area contributed by atoms with E-state index in [1.165, 1.54) is 16.5 Å². The van der Waals surface area contributed by atoms with Gasteiger partial charge in [0.15, 0.2) is 5.78 Å². The number of nitrogens with zero attached hydrogens (tertiary/aromatic N) is 1. The molecule has 1 aliphatic carbocycles. The van der Waals surface area contributed by atoms with Gasteiger partial charge in [0, 0.05) is 28.9 Å². The number of carbonyl (C=O) groups is 1. The van der Waals surface area contributed by atoms with Gasteiger partial charge >= 0.3 is 0 Å². The van der Waals surface area contributed by atoms with E-state index in [0.29, 0.717) is 0 Å². The summed E-state index contributed by atoms with van der Waals surface area (Å²) in [5.74, 6) is 0.0697. The van der Waals surface area contributed by atoms with E-state index >= 15 is 0 Å². The summed E-state index contributed by atoms with van der Waals surface area (Å²) in [6.45, 7) is 4.19. The molecular weight excluding hydrogens is 500 g/mol. The zero-order valence-corrected chi connectivity index (χ0v) is 22.2. The lowest BCUT2D eigenvalue weighted by Gasteiger charge is -2.23. The third kappa shape index (κ3) is 4.54. The van der Waals surface area contributed by atoms with E-state index in [2.05, 4.69) is 89.6 Å². The van der Waals surface area contributed by atoms with E-state index in [0.717, 1.165) is 57.2 Å². The average Bonchev–Trinajstić information content (AvgIpc) is 2.89. The van der Waals surface area contributed by atoms with Crippen LogP contribution in [0.15, 0.2) is 78.9 Å². The second-order valence-electron chi connectivity index (χ2n) is 9.28. The van der Waals surface area contributed by atoms with E-state index in [1.54, 1.807) is 0 Å². The molecule has 0 atom stereocenters. The number of aromatic nitrogens is 1. The van der Waals surface area contributed by atoms with Crippen molar-refractivity contribution in [2.24, 2.45) is 7.05 Å². The van der Waals surface area contributed by atoms with Crippen LogP contribution in [0.4, 0.5) is 11.4 Å². The molecule has 0 saturated heterocycles. The summed E-state index contributed by atoms with van der Waals surface area (Å²) in [5, 5.41) is 5.71. The van der Waals surface area contributed by atoms with Crippen molar-refractivity contribution in [3.63, 3.8) is 0 Å². The van der Waals surface area contributed by atoms with Gasteiger partial charge in [-0.3, -0.25) is 8.98 Å². The molecule has 0 aliphatic heterocycles. The van der Waals surface area contributed by atoms with Crippen molar-refractivity contribution in [3.05, 3.63) is 101 Å². The van der Waals surface area contributed by atoms with Gasteiger partial charge in [0.05, 0.1) is 29.1 Å². The Bertz CT molecular complexity index is 1850. The number of benzene rings is 4. The Morgan fingerprint density at radius 2 is 1.42 bits per heavy atom. The average molecular weight is 527 g/mol. The van der Waals surface area contributed by atoms with E-state index in [1.807, 2.05) is 24.3 Å². The zero-order chi connectivity index (χ0) is 27.2. The fourth-order valence-corrected chi connectivity index (χ4v) is 4.98. The van der Waals surface area contributed by atoms with Crippen LogP contribution in [-0.2, 0) is 21.6 Å². The van der Waals surface area contributed by atoms with Crippen LogP contribution in [-0.4, -0.2) is 25.9 Å². The second-order valence-corrected chi connectivity index (χ2v) is 10.4. The number of hydrogen-bond acceptors (Lipinski definition) is 6. The second kappa shape index (κ2) is 9.64. The highest BCUT2D eigenvalue weighted by Crippen LogP contribution is 2.45. The summed E-state index contributed by atoms with van der Waals surface area (Å²) in [5.41, 5.74) is 10.1. The Hall–Kier alpha value is -4.11. The summed E-state index contributed by atoms with van der Waals surface area (Å²) in [6, 6.07) is 27.0. The predicted molar refractivity (Wildman–Crippen MR) is 147 cm³/mol. The van der Waals surface area contributed by atoms with Crippen molar-refractivity contribution in [2.75, 3.05) is 12.4 Å². The van der Waals surface area contributed by atoms with E-state index < -0.39 is 10.4 Å². The van der Waals surface area contributed by atoms with Crippen molar-refractivity contribution in [1.82, 2.24) is 0 Å². The molecule has 0 saturated carbocycles. The summed E-state index contributed by atoms with van der Waals surface area (Å²) < 4.78 is 33.2. The number of hydrogen-bond donors (Lipinski definition) is 1. The maximum atomic E-state index is 13.8. The van der Waals surface area contributed by atoms with Crippen LogP contribution < -0.4 is 9.88 Å². The highest BCUT2D eigenvalue weighted by molar-refractivity contribution is 7.80. The van der Waals surface area contributed by atoms with Gasteiger partial charge in [-0.05, 0) is 43.7 Å². The molecule has 0 amide bonds. The largest absolute Gasteiger partial charge is 0.726 e. The van der Waals surface area contributed by atoms with Crippen LogP contribution in [0.1, 0.15) is 27.0 Å². The molecule has 7 nitrogen and oxygen atoms in total. The van der Waals surface area contributed by atoms with Crippen molar-refractivity contribution < 1.29 is 26.5 Å². The maximum absolute atomic E-state index is 13.8. The lowest BCUT2D eigenvalue weighted by atomic mass is 9.81. The van der Waals surface area contributed by atoms with Gasteiger partial charge in [0.2, 0.25) is 21.4 Å². The monoisotopic (exact) mass is 526 g/mol. The smallest absolute Gasteiger partial charge is 0.217 e. The topological polar surface area (TPSA) is 99.4 Å². The van der Waals surface area contributed by atoms with E-state index in [-0.39, 0.29) is 5.78 Å². The quantitative estimate of drug-likeness (QED) is 0.142. The molecule has 0 unspecified atom stereocenters. The molecule has 4 aromatic carbocycles. The molecule has 38 heavy (non-hydrogen) atoms. The molecule has 0 bridgehead atoms. The van der Waals surface area contributed by atoms with Gasteiger partial charge < -0.3 is 9.87 Å². The van der Waals surface area contributed by atoms with Crippen molar-refractivity contribution in [1.29, 1.82) is 0 Å². The third-order valence-electron chi connectivity index (χ3n) is 6.78. The SMILES string of the molecule is COS(=O)(=O)[O-].Cc1ccc(Nc2ccc3c4c2C(=O)c2ccccc2-c4c2cc(C)ccc2[n+]3C)cc1. The first-order valence-electron chi connectivity index (χ1n) is 12.0. The van der Waals surface area contributed by atoms with Crippen LogP contribution in [0.2, 0.25) is 0 Å². The van der Waals surface area contributed by atoms with Crippen LogP contribution in [0.5, 0.6) is 0 Å². The molecule has 192 valence electrons. The summed E-state index contributed by atoms with van der Waals surface area (Å²) >= 11 is 0. The Kier molecular flexibility index (Phi) is 6.48. The first-order valence-corrected chi connectivity index (χ1v) is 13.3. The van der Waals surface area contributed by atoms with E-state index in [9.17, 15) is 17.8 Å². The summed E-state index contributed by atoms with van der Waals surface area (Å²) in [4.78, 5) is 13.8. The normalized spacial score (nSPS) is 12.2. The molecular formula is C30H26N2O5S. The molecule has 5 aromatic rings. The minimum Gasteiger partial charge on any atom is -0.726 e. The Morgan fingerprint density at radius 1 is 0.816 bits per heavy atom. The number of nitrogens with one attached hydrogen (secondary N) is 1. The standard InChI is InChI=1S/C29H22N2O.CH4O4S/c1-17-8-11-19(12-9-17)30-23-13-15-25-28-26(22-16-18(2)10-14-24(22)31(25)3)20-6-4-5-7-21(20)29(32)27(23)28;1-5-6(2,3)4/h4-16H,1-3H3;1H3,(H,2,3,4). The van der Waals surface area contributed by atoms with E-state index in [4.69, 9.17) is 0 Å². The maximum Gasteiger partial charge on any atom is 0.217 e. The third-order valence-corrected chi connectivity index (χ3v) is 7.19. The predicted octanol–water partition coefficient (Wildman–Crippen LogP) is 5.48. The number of rotatable bonds is 3. The molecule has 8 heteroatoms. The molecule has 1 aromatic heterocycles. The molecule has 6 rings (SSSR count). The van der Waals surface area contributed by atoms with Gasteiger partial charge in [-0.25, -0.2) is 8.42 Å². The van der Waals surface area contributed by atoms with Crippen molar-refractivity contribution in [3.8, 4) is 11.1 Å². The Labute approximate surface area is 221 Å². The number of pyridine rings is 1. The minimum absolute atomic E-state index is 0.0697. The van der Waals surface area contributed by atoms with Crippen molar-refractivity contribution in [2.45, 2.75) is 13.8 Å². The summed E-state index contributed by atoms with van der Waals surface area (Å²) in [6.07, 6.45) is 0. The molecule has 1 aliphatic rings. The van der Waals surface area contributed by atoms with Crippen LogP contribution >= 0.6 is 0 Å². The van der Waals surface area contributed by atoms with Gasteiger partial charge in [-0.15, -0.1) is 0 Å². The van der Waals surface area contributed by atoms with Gasteiger partial charge in [-0.2, -0.15) is 4.57 Å². The lowest BCUT2D eigenvalue weighted by molar-refractivity contribution is -0.617. The molecule has 0 fully saturated rings. The van der Waals surface area contributed by atoms with Gasteiger partial charge in [-0.1, -0.05) is 53.6 Å². The Balaban J connectivity index is 0.000000443. The summed E-state index contributed by atoms with van der Waals surface area (Å²) in [7, 11) is -1.52. The first-order chi connectivity index (χ1) is 18.1. The number of aryl methyl sites for hydroxylation is 3. The Morgan fingerprint density at radius 3 is 2.08 bits per heavy atom. The fraction of sp³-hybridized carbons (Fsp3) is 0.133. The minimum atomic E-state index is -4.41. The molecule has 0 spiro atoms. The molecule has 0 radical (unpaired) electrons. The van der Waals surface area contributed by atoms with Crippen LogP contribution in [0.25, 0.3) is 32.9 Å². The number of anilines is 2.